The molecule has 0 saturated heterocycles. The number of benzene rings is 4. The number of thiazole rings is 1. The van der Waals surface area contributed by atoms with Crippen molar-refractivity contribution in [3.05, 3.63) is 154 Å². The van der Waals surface area contributed by atoms with E-state index < -0.39 is 12.0 Å². The van der Waals surface area contributed by atoms with E-state index in [1.54, 1.807) is 61.5 Å². The first-order valence-corrected chi connectivity index (χ1v) is 17.1. The molecule has 0 saturated carbocycles. The van der Waals surface area contributed by atoms with Gasteiger partial charge in [-0.2, -0.15) is 0 Å². The van der Waals surface area contributed by atoms with Crippen molar-refractivity contribution in [2.24, 2.45) is 4.99 Å². The van der Waals surface area contributed by atoms with Crippen molar-refractivity contribution in [1.29, 1.82) is 0 Å². The number of fused-ring (bicyclic) bond motifs is 1. The average molecular weight is 720 g/mol. The monoisotopic (exact) mass is 718 g/mol. The first-order valence-electron chi connectivity index (χ1n) is 15.1. The fourth-order valence-corrected chi connectivity index (χ4v) is 6.89. The van der Waals surface area contributed by atoms with Gasteiger partial charge in [0.15, 0.2) is 16.3 Å². The van der Waals surface area contributed by atoms with Gasteiger partial charge in [-0.05, 0) is 73.0 Å². The van der Waals surface area contributed by atoms with Crippen molar-refractivity contribution < 1.29 is 19.0 Å². The minimum Gasteiger partial charge on any atom is -0.490 e. The number of hydrogen-bond donors (Lipinski definition) is 0. The molecule has 0 unspecified atom stereocenters. The number of nitrogens with zero attached hydrogens (tertiary/aromatic N) is 2. The van der Waals surface area contributed by atoms with Gasteiger partial charge in [0.05, 0.1) is 40.1 Å². The van der Waals surface area contributed by atoms with Gasteiger partial charge in [-0.1, -0.05) is 101 Å². The molecule has 0 bridgehead atoms. The van der Waals surface area contributed by atoms with Crippen molar-refractivity contribution in [2.75, 3.05) is 13.2 Å². The third-order valence-electron chi connectivity index (χ3n) is 7.49. The SMILES string of the molecule is CCOC(=O)C1=C(c2ccccc2)N=c2s/c(=C\c3cc(Cl)c(OCc4ccc(Cl)cc4)c(OCC)c3)c(=O)n2[C@@H]1c1ccc(Cl)cc1. The van der Waals surface area contributed by atoms with Crippen LogP contribution in [0.1, 0.15) is 42.1 Å². The molecule has 5 aromatic rings. The maximum Gasteiger partial charge on any atom is 0.338 e. The van der Waals surface area contributed by atoms with Crippen molar-refractivity contribution in [3.63, 3.8) is 0 Å². The van der Waals surface area contributed by atoms with Gasteiger partial charge in [0.2, 0.25) is 0 Å². The molecule has 48 heavy (non-hydrogen) atoms. The van der Waals surface area contributed by atoms with Gasteiger partial charge in [0.25, 0.3) is 5.56 Å². The van der Waals surface area contributed by atoms with Gasteiger partial charge >= 0.3 is 5.97 Å². The summed E-state index contributed by atoms with van der Waals surface area (Å²) in [6.45, 7) is 4.39. The minimum absolute atomic E-state index is 0.157. The summed E-state index contributed by atoms with van der Waals surface area (Å²) in [5.41, 5.74) is 3.31. The highest BCUT2D eigenvalue weighted by atomic mass is 35.5. The zero-order valence-electron chi connectivity index (χ0n) is 25.9. The smallest absolute Gasteiger partial charge is 0.338 e. The van der Waals surface area contributed by atoms with Crippen molar-refractivity contribution >= 4 is 63.9 Å². The van der Waals surface area contributed by atoms with Crippen LogP contribution in [-0.2, 0) is 16.1 Å². The van der Waals surface area contributed by atoms with Crippen LogP contribution in [-0.4, -0.2) is 23.8 Å². The van der Waals surface area contributed by atoms with E-state index in [2.05, 4.69) is 0 Å². The highest BCUT2D eigenvalue weighted by Gasteiger charge is 2.35. The molecule has 4 aromatic carbocycles. The molecule has 7 nitrogen and oxygen atoms in total. The molecule has 1 atom stereocenters. The Bertz CT molecular complexity index is 2180. The summed E-state index contributed by atoms with van der Waals surface area (Å²) in [4.78, 5) is 33.2. The van der Waals surface area contributed by atoms with Crippen LogP contribution in [0.5, 0.6) is 11.5 Å². The molecule has 6 rings (SSSR count). The van der Waals surface area contributed by atoms with Crippen LogP contribution in [0.4, 0.5) is 0 Å². The summed E-state index contributed by atoms with van der Waals surface area (Å²) in [6, 6.07) is 26.4. The normalized spacial score (nSPS) is 14.4. The average Bonchev–Trinajstić information content (AvgIpc) is 3.39. The second-order valence-electron chi connectivity index (χ2n) is 10.7. The Labute approximate surface area is 295 Å². The van der Waals surface area contributed by atoms with E-state index in [0.29, 0.717) is 59.3 Å². The molecule has 244 valence electrons. The van der Waals surface area contributed by atoms with Gasteiger partial charge in [-0.15, -0.1) is 0 Å². The van der Waals surface area contributed by atoms with E-state index in [0.717, 1.165) is 11.1 Å². The van der Waals surface area contributed by atoms with E-state index in [4.69, 9.17) is 54.0 Å². The molecule has 1 aliphatic heterocycles. The van der Waals surface area contributed by atoms with Gasteiger partial charge in [-0.25, -0.2) is 9.79 Å². The molecular formula is C37H29Cl3N2O5S. The zero-order valence-corrected chi connectivity index (χ0v) is 29.0. The van der Waals surface area contributed by atoms with E-state index in [-0.39, 0.29) is 24.3 Å². The fourth-order valence-electron chi connectivity index (χ4n) is 5.36. The van der Waals surface area contributed by atoms with Crippen LogP contribution in [0.2, 0.25) is 15.1 Å². The fraction of sp³-hybridized carbons (Fsp3) is 0.162. The van der Waals surface area contributed by atoms with Crippen LogP contribution in [0.25, 0.3) is 11.8 Å². The quantitative estimate of drug-likeness (QED) is 0.137. The lowest BCUT2D eigenvalue weighted by Crippen LogP contribution is -2.40. The predicted molar refractivity (Wildman–Crippen MR) is 191 cm³/mol. The third-order valence-corrected chi connectivity index (χ3v) is 9.25. The molecule has 2 heterocycles. The molecule has 1 aromatic heterocycles. The first-order chi connectivity index (χ1) is 23.3. The van der Waals surface area contributed by atoms with Crippen molar-refractivity contribution in [2.45, 2.75) is 26.5 Å². The second-order valence-corrected chi connectivity index (χ2v) is 13.0. The maximum absolute atomic E-state index is 14.3. The van der Waals surface area contributed by atoms with Crippen molar-refractivity contribution in [1.82, 2.24) is 4.57 Å². The Hall–Kier alpha value is -4.34. The number of ether oxygens (including phenoxy) is 3. The largest absolute Gasteiger partial charge is 0.490 e. The van der Waals surface area contributed by atoms with Crippen LogP contribution >= 0.6 is 46.1 Å². The Kier molecular flexibility index (Phi) is 10.4. The topological polar surface area (TPSA) is 79.1 Å². The van der Waals surface area contributed by atoms with Crippen LogP contribution < -0.4 is 24.4 Å². The summed E-state index contributed by atoms with van der Waals surface area (Å²) >= 11 is 20.2. The lowest BCUT2D eigenvalue weighted by atomic mass is 9.93. The highest BCUT2D eigenvalue weighted by Crippen LogP contribution is 2.38. The highest BCUT2D eigenvalue weighted by molar-refractivity contribution is 7.07. The van der Waals surface area contributed by atoms with E-state index in [9.17, 15) is 9.59 Å². The summed E-state index contributed by atoms with van der Waals surface area (Å²) in [6.07, 6.45) is 1.73. The lowest BCUT2D eigenvalue weighted by molar-refractivity contribution is -0.138. The van der Waals surface area contributed by atoms with E-state index in [1.165, 1.54) is 15.9 Å². The van der Waals surface area contributed by atoms with E-state index >= 15 is 0 Å². The van der Waals surface area contributed by atoms with Gasteiger partial charge in [-0.3, -0.25) is 9.36 Å². The maximum atomic E-state index is 14.3. The molecular weight excluding hydrogens is 691 g/mol. The Morgan fingerprint density at radius 3 is 2.25 bits per heavy atom. The Balaban J connectivity index is 1.49. The molecule has 0 radical (unpaired) electrons. The van der Waals surface area contributed by atoms with Gasteiger partial charge < -0.3 is 14.2 Å². The summed E-state index contributed by atoms with van der Waals surface area (Å²) in [5.74, 6) is 0.269. The standard InChI is InChI=1S/C37H29Cl3N2O5S/c1-3-45-29-19-23(18-28(40)34(29)47-21-22-10-14-26(38)15-11-22)20-30-35(43)42-33(25-12-16-27(39)17-13-25)31(36(44)46-4-2)32(41-37(42)48-30)24-8-6-5-7-9-24/h5-20,33H,3-4,21H2,1-2H3/b30-20-/t33-/m1/s1. The Morgan fingerprint density at radius 1 is 0.896 bits per heavy atom. The number of aromatic nitrogens is 1. The summed E-state index contributed by atoms with van der Waals surface area (Å²) in [7, 11) is 0. The molecule has 0 fully saturated rings. The van der Waals surface area contributed by atoms with Crippen LogP contribution in [0.3, 0.4) is 0 Å². The Morgan fingerprint density at radius 2 is 1.58 bits per heavy atom. The number of carbonyl (C=O) groups is 1. The number of hydrogen-bond acceptors (Lipinski definition) is 7. The van der Waals surface area contributed by atoms with Gasteiger partial charge in [0.1, 0.15) is 6.61 Å². The van der Waals surface area contributed by atoms with Crippen LogP contribution in [0.15, 0.2) is 106 Å². The number of halogens is 3. The molecule has 11 heteroatoms. The lowest BCUT2D eigenvalue weighted by Gasteiger charge is -2.25. The molecule has 0 N–H and O–H groups in total. The number of rotatable bonds is 10. The zero-order chi connectivity index (χ0) is 33.8. The molecule has 0 aliphatic carbocycles. The molecule has 1 aliphatic rings. The second kappa shape index (κ2) is 14.8. The summed E-state index contributed by atoms with van der Waals surface area (Å²) in [5, 5.41) is 1.48. The third kappa shape index (κ3) is 7.08. The molecule has 0 amide bonds. The van der Waals surface area contributed by atoms with Gasteiger partial charge in [0, 0.05) is 15.6 Å². The number of esters is 1. The molecule has 0 spiro atoms. The van der Waals surface area contributed by atoms with Crippen molar-refractivity contribution in [3.8, 4) is 11.5 Å². The van der Waals surface area contributed by atoms with Crippen LogP contribution in [0, 0.1) is 0 Å². The predicted octanol–water partition coefficient (Wildman–Crippen LogP) is 7.87. The first kappa shape index (κ1) is 33.6. The number of carbonyl (C=O) groups excluding carboxylic acids is 1. The van der Waals surface area contributed by atoms with E-state index in [1.807, 2.05) is 49.4 Å². The summed E-state index contributed by atoms with van der Waals surface area (Å²) < 4.78 is 19.4. The minimum atomic E-state index is -0.818.